The first-order valence-corrected chi connectivity index (χ1v) is 5.15. The molecule has 0 N–H and O–H groups in total. The SMILES string of the molecule is C=CCSS(=O)(=O)OC=O. The quantitative estimate of drug-likeness (QED) is 0.348. The molecule has 0 aromatic carbocycles. The third-order valence-corrected chi connectivity index (χ3v) is 2.97. The van der Waals surface area contributed by atoms with E-state index >= 15 is 0 Å². The van der Waals surface area contributed by atoms with Gasteiger partial charge in [-0.3, -0.25) is 4.79 Å². The van der Waals surface area contributed by atoms with Gasteiger partial charge in [0.25, 0.3) is 0 Å². The van der Waals surface area contributed by atoms with Gasteiger partial charge in [0, 0.05) is 16.5 Å². The third kappa shape index (κ3) is 4.39. The minimum Gasteiger partial charge on any atom is -0.341 e. The second-order valence-corrected chi connectivity index (χ2v) is 4.68. The molecule has 0 saturated heterocycles. The van der Waals surface area contributed by atoms with Gasteiger partial charge in [0.05, 0.1) is 0 Å². The number of carbonyl (C=O) groups excluding carboxylic acids is 1. The molecule has 0 aliphatic carbocycles. The lowest BCUT2D eigenvalue weighted by molar-refractivity contribution is -0.120. The number of hydrogen-bond donors (Lipinski definition) is 0. The number of hydrogen-bond acceptors (Lipinski definition) is 5. The zero-order valence-corrected chi connectivity index (χ0v) is 6.65. The molecule has 0 amide bonds. The Balaban J connectivity index is 3.87. The molecule has 0 aromatic heterocycles. The fraction of sp³-hybridized carbons (Fsp3) is 0.250. The predicted octanol–water partition coefficient (Wildman–Crippen LogP) is 0.323. The van der Waals surface area contributed by atoms with Crippen LogP contribution in [0.4, 0.5) is 0 Å². The standard InChI is InChI=1S/C4H6O4S2/c1-2-3-9-10(6,7)8-4-5/h2,4H,1,3H2. The van der Waals surface area contributed by atoms with Crippen molar-refractivity contribution in [2.45, 2.75) is 0 Å². The molecule has 0 spiro atoms. The van der Waals surface area contributed by atoms with Crippen LogP contribution >= 0.6 is 10.8 Å². The second kappa shape index (κ2) is 4.35. The van der Waals surface area contributed by atoms with E-state index < -0.39 is 9.15 Å². The predicted molar refractivity (Wildman–Crippen MR) is 38.7 cm³/mol. The molecule has 0 aromatic rings. The van der Waals surface area contributed by atoms with Gasteiger partial charge in [-0.15, -0.1) is 6.58 Å². The summed E-state index contributed by atoms with van der Waals surface area (Å²) in [5.41, 5.74) is 0. The molecule has 0 unspecified atom stereocenters. The van der Waals surface area contributed by atoms with E-state index in [0.29, 0.717) is 10.8 Å². The molecule has 0 radical (unpaired) electrons. The summed E-state index contributed by atoms with van der Waals surface area (Å²) in [6, 6.07) is 0. The minimum absolute atomic E-state index is 0.120. The van der Waals surface area contributed by atoms with Crippen molar-refractivity contribution in [3.05, 3.63) is 12.7 Å². The van der Waals surface area contributed by atoms with Crippen LogP contribution in [-0.4, -0.2) is 20.6 Å². The molecule has 4 nitrogen and oxygen atoms in total. The Bertz CT molecular complexity index is 205. The van der Waals surface area contributed by atoms with Crippen LogP contribution in [0.5, 0.6) is 0 Å². The van der Waals surface area contributed by atoms with Crippen LogP contribution in [0.2, 0.25) is 0 Å². The fourth-order valence-electron chi connectivity index (χ4n) is 0.207. The molecule has 0 saturated carbocycles. The summed E-state index contributed by atoms with van der Waals surface area (Å²) in [6.07, 6.45) is 1.40. The summed E-state index contributed by atoms with van der Waals surface area (Å²) in [5, 5.41) is 0. The van der Waals surface area contributed by atoms with Crippen molar-refractivity contribution in [3.63, 3.8) is 0 Å². The van der Waals surface area contributed by atoms with E-state index in [1.165, 1.54) is 6.08 Å². The lowest BCUT2D eigenvalue weighted by Gasteiger charge is -1.94. The van der Waals surface area contributed by atoms with E-state index in [2.05, 4.69) is 10.8 Å². The molecule has 58 valence electrons. The Morgan fingerprint density at radius 1 is 1.60 bits per heavy atom. The van der Waals surface area contributed by atoms with Crippen LogP contribution in [0.1, 0.15) is 0 Å². The molecule has 0 atom stereocenters. The van der Waals surface area contributed by atoms with Crippen molar-refractivity contribution in [1.29, 1.82) is 0 Å². The molecular formula is C4H6O4S2. The Morgan fingerprint density at radius 2 is 2.20 bits per heavy atom. The van der Waals surface area contributed by atoms with Gasteiger partial charge >= 0.3 is 15.6 Å². The highest BCUT2D eigenvalue weighted by atomic mass is 33.1. The van der Waals surface area contributed by atoms with Gasteiger partial charge in [-0.25, -0.2) is 0 Å². The summed E-state index contributed by atoms with van der Waals surface area (Å²) in [7, 11) is -3.21. The van der Waals surface area contributed by atoms with Crippen molar-refractivity contribution >= 4 is 26.4 Å². The zero-order valence-electron chi connectivity index (χ0n) is 5.02. The second-order valence-electron chi connectivity index (χ2n) is 1.17. The normalized spacial score (nSPS) is 10.4. The van der Waals surface area contributed by atoms with E-state index in [0.717, 1.165) is 0 Å². The van der Waals surface area contributed by atoms with Crippen molar-refractivity contribution in [1.82, 2.24) is 0 Å². The monoisotopic (exact) mass is 182 g/mol. The van der Waals surface area contributed by atoms with Gasteiger partial charge in [-0.1, -0.05) is 6.08 Å². The van der Waals surface area contributed by atoms with Crippen molar-refractivity contribution < 1.29 is 17.4 Å². The maximum absolute atomic E-state index is 10.5. The highest BCUT2D eigenvalue weighted by molar-refractivity contribution is 8.70. The Morgan fingerprint density at radius 3 is 2.60 bits per heavy atom. The highest BCUT2D eigenvalue weighted by Crippen LogP contribution is 2.12. The Kier molecular flexibility index (Phi) is 4.13. The number of carbonyl (C=O) groups is 1. The average Bonchev–Trinajstić information content (AvgIpc) is 1.84. The van der Waals surface area contributed by atoms with E-state index in [1.807, 2.05) is 0 Å². The first kappa shape index (κ1) is 9.51. The van der Waals surface area contributed by atoms with E-state index in [4.69, 9.17) is 0 Å². The minimum atomic E-state index is -3.72. The molecular weight excluding hydrogens is 176 g/mol. The molecule has 0 heterocycles. The Labute approximate surface area is 62.8 Å². The third-order valence-electron chi connectivity index (χ3n) is 0.487. The smallest absolute Gasteiger partial charge is 0.341 e. The summed E-state index contributed by atoms with van der Waals surface area (Å²) < 4.78 is 24.6. The van der Waals surface area contributed by atoms with Gasteiger partial charge in [0.2, 0.25) is 0 Å². The summed E-state index contributed by atoms with van der Waals surface area (Å²) in [4.78, 5) is 9.54. The van der Waals surface area contributed by atoms with Crippen LogP contribution in [0.3, 0.4) is 0 Å². The molecule has 6 heteroatoms. The summed E-state index contributed by atoms with van der Waals surface area (Å²) in [6.45, 7) is 3.18. The van der Waals surface area contributed by atoms with Gasteiger partial charge in [0.15, 0.2) is 0 Å². The molecule has 0 rings (SSSR count). The zero-order chi connectivity index (χ0) is 8.04. The first-order valence-electron chi connectivity index (χ1n) is 2.24. The lowest BCUT2D eigenvalue weighted by atomic mass is 10.8. The van der Waals surface area contributed by atoms with E-state index in [-0.39, 0.29) is 12.2 Å². The van der Waals surface area contributed by atoms with E-state index in [1.54, 1.807) is 0 Å². The van der Waals surface area contributed by atoms with Crippen molar-refractivity contribution in [3.8, 4) is 0 Å². The largest absolute Gasteiger partial charge is 0.368 e. The highest BCUT2D eigenvalue weighted by Gasteiger charge is 2.08. The molecule has 10 heavy (non-hydrogen) atoms. The fourth-order valence-corrected chi connectivity index (χ4v) is 1.67. The van der Waals surface area contributed by atoms with Crippen LogP contribution < -0.4 is 0 Å². The maximum atomic E-state index is 10.5. The van der Waals surface area contributed by atoms with Gasteiger partial charge in [-0.05, 0) is 0 Å². The van der Waals surface area contributed by atoms with Crippen LogP contribution in [0.15, 0.2) is 12.7 Å². The first-order chi connectivity index (χ1) is 4.62. The molecule has 0 bridgehead atoms. The topological polar surface area (TPSA) is 60.4 Å². The van der Waals surface area contributed by atoms with Crippen LogP contribution in [0, 0.1) is 0 Å². The number of rotatable bonds is 5. The van der Waals surface area contributed by atoms with Crippen LogP contribution in [-0.2, 0) is 18.1 Å². The summed E-state index contributed by atoms with van der Waals surface area (Å²) in [5.74, 6) is 0.205. The van der Waals surface area contributed by atoms with Crippen molar-refractivity contribution in [2.75, 3.05) is 5.75 Å². The molecule has 0 aliphatic heterocycles. The lowest BCUT2D eigenvalue weighted by Crippen LogP contribution is -1.98. The van der Waals surface area contributed by atoms with Crippen molar-refractivity contribution in [2.24, 2.45) is 0 Å². The molecule has 0 fully saturated rings. The van der Waals surface area contributed by atoms with E-state index in [9.17, 15) is 13.2 Å². The van der Waals surface area contributed by atoms with Crippen LogP contribution in [0.25, 0.3) is 0 Å². The summed E-state index contributed by atoms with van der Waals surface area (Å²) >= 11 is 0. The van der Waals surface area contributed by atoms with Gasteiger partial charge < -0.3 is 4.18 Å². The average molecular weight is 182 g/mol. The van der Waals surface area contributed by atoms with Gasteiger partial charge in [-0.2, -0.15) is 8.42 Å². The Hall–Kier alpha value is -0.490. The van der Waals surface area contributed by atoms with Gasteiger partial charge in [0.1, 0.15) is 0 Å². The molecule has 0 aliphatic rings. The maximum Gasteiger partial charge on any atom is 0.368 e.